The van der Waals surface area contributed by atoms with Crippen LogP contribution in [0.5, 0.6) is 17.4 Å². The normalized spacial score (nSPS) is 19.9. The molecule has 0 saturated carbocycles. The van der Waals surface area contributed by atoms with E-state index in [1.807, 2.05) is 48.2 Å². The van der Waals surface area contributed by atoms with E-state index >= 15 is 0 Å². The standard InChI is InChI=1S/C19H21N3O4/c1-13-6-7-18(21-20-13)25-14-8-10-22(11-9-14)19(23)17-12-24-15-4-2-3-5-16(15)26-17/h2-7,14,17H,8-12H2,1H3. The summed E-state index contributed by atoms with van der Waals surface area (Å²) < 4.78 is 17.3. The molecule has 1 fully saturated rings. The summed E-state index contributed by atoms with van der Waals surface area (Å²) in [5.74, 6) is 1.80. The first-order valence-electron chi connectivity index (χ1n) is 8.83. The van der Waals surface area contributed by atoms with Gasteiger partial charge in [-0.1, -0.05) is 12.1 Å². The molecule has 7 nitrogen and oxygen atoms in total. The van der Waals surface area contributed by atoms with E-state index in [1.165, 1.54) is 0 Å². The number of likely N-dealkylation sites (tertiary alicyclic amines) is 1. The van der Waals surface area contributed by atoms with Crippen molar-refractivity contribution in [2.75, 3.05) is 19.7 Å². The molecular formula is C19H21N3O4. The van der Waals surface area contributed by atoms with Crippen molar-refractivity contribution in [3.05, 3.63) is 42.1 Å². The Morgan fingerprint density at radius 1 is 1.12 bits per heavy atom. The number of piperidine rings is 1. The zero-order chi connectivity index (χ0) is 17.9. The SMILES string of the molecule is Cc1ccc(OC2CCN(C(=O)C3COc4ccccc4O3)CC2)nn1. The Morgan fingerprint density at radius 3 is 2.62 bits per heavy atom. The average Bonchev–Trinajstić information content (AvgIpc) is 2.69. The predicted molar refractivity (Wildman–Crippen MR) is 93.4 cm³/mol. The molecule has 1 amide bonds. The van der Waals surface area contributed by atoms with Gasteiger partial charge in [0.15, 0.2) is 11.5 Å². The average molecular weight is 355 g/mol. The van der Waals surface area contributed by atoms with Crippen molar-refractivity contribution in [2.45, 2.75) is 32.0 Å². The Hall–Kier alpha value is -2.83. The topological polar surface area (TPSA) is 73.8 Å². The molecule has 26 heavy (non-hydrogen) atoms. The van der Waals surface area contributed by atoms with E-state index in [1.54, 1.807) is 0 Å². The van der Waals surface area contributed by atoms with Crippen LogP contribution in [0.1, 0.15) is 18.5 Å². The summed E-state index contributed by atoms with van der Waals surface area (Å²) >= 11 is 0. The van der Waals surface area contributed by atoms with Gasteiger partial charge in [-0.25, -0.2) is 0 Å². The number of nitrogens with zero attached hydrogens (tertiary/aromatic N) is 3. The predicted octanol–water partition coefficient (Wildman–Crippen LogP) is 1.99. The Morgan fingerprint density at radius 2 is 1.88 bits per heavy atom. The molecule has 1 unspecified atom stereocenters. The van der Waals surface area contributed by atoms with Crippen LogP contribution in [0.25, 0.3) is 0 Å². The first-order valence-corrected chi connectivity index (χ1v) is 8.83. The van der Waals surface area contributed by atoms with Crippen LogP contribution < -0.4 is 14.2 Å². The molecule has 2 aliphatic heterocycles. The lowest BCUT2D eigenvalue weighted by atomic mass is 10.1. The summed E-state index contributed by atoms with van der Waals surface area (Å²) in [5, 5.41) is 8.03. The largest absolute Gasteiger partial charge is 0.485 e. The Labute approximate surface area is 151 Å². The maximum atomic E-state index is 12.7. The minimum absolute atomic E-state index is 0.0342. The number of aromatic nitrogens is 2. The number of benzene rings is 1. The van der Waals surface area contributed by atoms with Crippen molar-refractivity contribution in [3.8, 4) is 17.4 Å². The molecule has 1 aromatic heterocycles. The fourth-order valence-electron chi connectivity index (χ4n) is 3.16. The van der Waals surface area contributed by atoms with Gasteiger partial charge in [-0.3, -0.25) is 4.79 Å². The monoisotopic (exact) mass is 355 g/mol. The van der Waals surface area contributed by atoms with Crippen LogP contribution in [-0.4, -0.2) is 52.9 Å². The first kappa shape index (κ1) is 16.6. The lowest BCUT2D eigenvalue weighted by Gasteiger charge is -2.35. The van der Waals surface area contributed by atoms with E-state index in [9.17, 15) is 4.79 Å². The number of rotatable bonds is 3. The molecule has 3 heterocycles. The Bertz CT molecular complexity index is 773. The third-order valence-corrected chi connectivity index (χ3v) is 4.60. The molecule has 136 valence electrons. The van der Waals surface area contributed by atoms with Gasteiger partial charge in [0.05, 0.1) is 5.69 Å². The Kier molecular flexibility index (Phi) is 4.60. The molecule has 0 spiro atoms. The van der Waals surface area contributed by atoms with Crippen LogP contribution in [0.3, 0.4) is 0 Å². The van der Waals surface area contributed by atoms with Crippen LogP contribution in [0.2, 0.25) is 0 Å². The van der Waals surface area contributed by atoms with Gasteiger partial charge < -0.3 is 19.1 Å². The van der Waals surface area contributed by atoms with Crippen molar-refractivity contribution in [1.29, 1.82) is 0 Å². The van der Waals surface area contributed by atoms with E-state index in [-0.39, 0.29) is 18.6 Å². The molecule has 1 aromatic carbocycles. The highest BCUT2D eigenvalue weighted by Crippen LogP contribution is 2.31. The minimum atomic E-state index is -0.592. The smallest absolute Gasteiger partial charge is 0.267 e. The van der Waals surface area contributed by atoms with Gasteiger partial charge in [-0.15, -0.1) is 5.10 Å². The summed E-state index contributed by atoms with van der Waals surface area (Å²) in [7, 11) is 0. The number of amides is 1. The lowest BCUT2D eigenvalue weighted by Crippen LogP contribution is -2.50. The number of fused-ring (bicyclic) bond motifs is 1. The van der Waals surface area contributed by atoms with Crippen molar-refractivity contribution >= 4 is 5.91 Å². The third kappa shape index (κ3) is 3.56. The fraction of sp³-hybridized carbons (Fsp3) is 0.421. The van der Waals surface area contributed by atoms with E-state index in [0.717, 1.165) is 18.5 Å². The van der Waals surface area contributed by atoms with E-state index in [4.69, 9.17) is 14.2 Å². The second kappa shape index (κ2) is 7.19. The van der Waals surface area contributed by atoms with Crippen LogP contribution in [0.15, 0.2) is 36.4 Å². The first-order chi connectivity index (χ1) is 12.7. The molecule has 0 aliphatic carbocycles. The summed E-state index contributed by atoms with van der Waals surface area (Å²) in [6.07, 6.45) is 0.961. The van der Waals surface area contributed by atoms with Gasteiger partial charge in [-0.05, 0) is 25.1 Å². The highest BCUT2D eigenvalue weighted by Gasteiger charge is 2.33. The van der Waals surface area contributed by atoms with E-state index in [2.05, 4.69) is 10.2 Å². The third-order valence-electron chi connectivity index (χ3n) is 4.60. The van der Waals surface area contributed by atoms with Crippen molar-refractivity contribution in [2.24, 2.45) is 0 Å². The summed E-state index contributed by atoms with van der Waals surface area (Å²) in [6, 6.07) is 11.1. The summed E-state index contributed by atoms with van der Waals surface area (Å²) in [4.78, 5) is 14.5. The Balaban J connectivity index is 1.30. The second-order valence-corrected chi connectivity index (χ2v) is 6.52. The summed E-state index contributed by atoms with van der Waals surface area (Å²) in [6.45, 7) is 3.39. The molecular weight excluding hydrogens is 334 g/mol. The highest BCUT2D eigenvalue weighted by molar-refractivity contribution is 5.82. The number of aryl methyl sites for hydroxylation is 1. The highest BCUT2D eigenvalue weighted by atomic mass is 16.6. The molecule has 2 aromatic rings. The zero-order valence-electron chi connectivity index (χ0n) is 14.6. The fourth-order valence-corrected chi connectivity index (χ4v) is 3.16. The molecule has 1 atom stereocenters. The van der Waals surface area contributed by atoms with E-state index in [0.29, 0.717) is 30.5 Å². The summed E-state index contributed by atoms with van der Waals surface area (Å²) in [5.41, 5.74) is 0.856. The van der Waals surface area contributed by atoms with Gasteiger partial charge in [0.2, 0.25) is 12.0 Å². The number of para-hydroxylation sites is 2. The number of carbonyl (C=O) groups is 1. The number of carbonyl (C=O) groups excluding carboxylic acids is 1. The number of hydrogen-bond acceptors (Lipinski definition) is 6. The number of ether oxygens (including phenoxy) is 3. The molecule has 0 radical (unpaired) electrons. The van der Waals surface area contributed by atoms with Gasteiger partial charge in [-0.2, -0.15) is 5.10 Å². The quantitative estimate of drug-likeness (QED) is 0.838. The molecule has 0 N–H and O–H groups in total. The molecule has 7 heteroatoms. The molecule has 2 aliphatic rings. The van der Waals surface area contributed by atoms with Gasteiger partial charge in [0, 0.05) is 32.0 Å². The zero-order valence-corrected chi connectivity index (χ0v) is 14.6. The molecule has 1 saturated heterocycles. The molecule has 0 bridgehead atoms. The van der Waals surface area contributed by atoms with Crippen LogP contribution in [-0.2, 0) is 4.79 Å². The lowest BCUT2D eigenvalue weighted by molar-refractivity contribution is -0.143. The number of hydrogen-bond donors (Lipinski definition) is 0. The van der Waals surface area contributed by atoms with Crippen LogP contribution in [0, 0.1) is 6.92 Å². The van der Waals surface area contributed by atoms with Crippen molar-refractivity contribution < 1.29 is 19.0 Å². The van der Waals surface area contributed by atoms with Crippen molar-refractivity contribution in [1.82, 2.24) is 15.1 Å². The van der Waals surface area contributed by atoms with Gasteiger partial charge in [0.1, 0.15) is 12.7 Å². The van der Waals surface area contributed by atoms with Crippen LogP contribution >= 0.6 is 0 Å². The minimum Gasteiger partial charge on any atom is -0.485 e. The second-order valence-electron chi connectivity index (χ2n) is 6.52. The van der Waals surface area contributed by atoms with Crippen molar-refractivity contribution in [3.63, 3.8) is 0 Å². The van der Waals surface area contributed by atoms with Gasteiger partial charge >= 0.3 is 0 Å². The van der Waals surface area contributed by atoms with Crippen LogP contribution in [0.4, 0.5) is 0 Å². The maximum Gasteiger partial charge on any atom is 0.267 e. The van der Waals surface area contributed by atoms with Gasteiger partial charge in [0.25, 0.3) is 5.91 Å². The van der Waals surface area contributed by atoms with E-state index < -0.39 is 6.10 Å². The molecule has 4 rings (SSSR count). The maximum absolute atomic E-state index is 12.7.